The SMILES string of the molecule is Cc1cc(C)c(Oc2nc(-c3ccc4c(ccn4C)c3)ccc2C(=O)NS(=O)(=O)c2cccc(N)n2)c(C)c1. The van der Waals surface area contributed by atoms with Crippen LogP contribution in [-0.2, 0) is 17.1 Å². The maximum atomic E-state index is 13.3. The van der Waals surface area contributed by atoms with E-state index in [4.69, 9.17) is 10.5 Å². The third-order valence-electron chi connectivity index (χ3n) is 6.34. The molecule has 0 bridgehead atoms. The fourth-order valence-corrected chi connectivity index (χ4v) is 5.47. The number of nitrogen functional groups attached to an aromatic ring is 1. The number of aromatic nitrogens is 3. The fourth-order valence-electron chi connectivity index (χ4n) is 4.53. The number of carbonyl (C=O) groups is 1. The lowest BCUT2D eigenvalue weighted by molar-refractivity contribution is 0.0978. The van der Waals surface area contributed by atoms with Crippen LogP contribution in [0.15, 0.2) is 78.0 Å². The number of hydrogen-bond donors (Lipinski definition) is 2. The van der Waals surface area contributed by atoms with E-state index in [1.807, 2.05) is 75.0 Å². The van der Waals surface area contributed by atoms with Gasteiger partial charge in [-0.1, -0.05) is 29.8 Å². The van der Waals surface area contributed by atoms with Crippen LogP contribution in [0.1, 0.15) is 27.0 Å². The van der Waals surface area contributed by atoms with Crippen molar-refractivity contribution in [2.45, 2.75) is 25.8 Å². The van der Waals surface area contributed by atoms with Gasteiger partial charge in [-0.25, -0.2) is 14.7 Å². The summed E-state index contributed by atoms with van der Waals surface area (Å²) in [5, 5.41) is 0.663. The Hall–Kier alpha value is -4.70. The number of ether oxygens (including phenoxy) is 1. The zero-order valence-corrected chi connectivity index (χ0v) is 22.7. The number of nitrogens with two attached hydrogens (primary N) is 1. The first-order chi connectivity index (χ1) is 18.5. The molecule has 10 heteroatoms. The molecule has 5 aromatic rings. The first-order valence-electron chi connectivity index (χ1n) is 12.1. The van der Waals surface area contributed by atoms with Crippen molar-refractivity contribution in [3.8, 4) is 22.9 Å². The number of benzene rings is 2. The van der Waals surface area contributed by atoms with Crippen molar-refractivity contribution in [1.29, 1.82) is 0 Å². The molecule has 198 valence electrons. The van der Waals surface area contributed by atoms with E-state index in [0.717, 1.165) is 33.2 Å². The van der Waals surface area contributed by atoms with E-state index in [0.29, 0.717) is 11.4 Å². The van der Waals surface area contributed by atoms with E-state index >= 15 is 0 Å². The second-order valence-electron chi connectivity index (χ2n) is 9.41. The summed E-state index contributed by atoms with van der Waals surface area (Å²) in [5.41, 5.74) is 10.8. The Morgan fingerprint density at radius 1 is 0.949 bits per heavy atom. The van der Waals surface area contributed by atoms with E-state index in [2.05, 4.69) is 14.7 Å². The zero-order chi connectivity index (χ0) is 27.9. The minimum Gasteiger partial charge on any atom is -0.438 e. The molecular weight excluding hydrogens is 514 g/mol. The highest BCUT2D eigenvalue weighted by Gasteiger charge is 2.25. The highest BCUT2D eigenvalue weighted by molar-refractivity contribution is 7.90. The molecule has 0 spiro atoms. The van der Waals surface area contributed by atoms with Gasteiger partial charge < -0.3 is 15.0 Å². The summed E-state index contributed by atoms with van der Waals surface area (Å²) < 4.78 is 36.1. The van der Waals surface area contributed by atoms with Gasteiger partial charge in [-0.05, 0) is 74.4 Å². The van der Waals surface area contributed by atoms with Crippen molar-refractivity contribution in [3.63, 3.8) is 0 Å². The number of aryl methyl sites for hydroxylation is 4. The van der Waals surface area contributed by atoms with Crippen LogP contribution in [0.2, 0.25) is 0 Å². The predicted octanol–water partition coefficient (Wildman–Crippen LogP) is 5.05. The van der Waals surface area contributed by atoms with Gasteiger partial charge >= 0.3 is 0 Å². The topological polar surface area (TPSA) is 129 Å². The molecule has 0 radical (unpaired) electrons. The van der Waals surface area contributed by atoms with E-state index in [1.165, 1.54) is 24.3 Å². The minimum atomic E-state index is -4.30. The molecule has 1 amide bonds. The quantitative estimate of drug-likeness (QED) is 0.308. The fraction of sp³-hybridized carbons (Fsp3) is 0.138. The van der Waals surface area contributed by atoms with Gasteiger partial charge in [0.15, 0.2) is 5.03 Å². The molecule has 9 nitrogen and oxygen atoms in total. The third kappa shape index (κ3) is 5.19. The maximum absolute atomic E-state index is 13.3. The number of pyridine rings is 2. The van der Waals surface area contributed by atoms with Crippen LogP contribution >= 0.6 is 0 Å². The van der Waals surface area contributed by atoms with Gasteiger partial charge in [0.2, 0.25) is 5.88 Å². The number of nitrogens with zero attached hydrogens (tertiary/aromatic N) is 3. The van der Waals surface area contributed by atoms with Crippen molar-refractivity contribution in [2.24, 2.45) is 7.05 Å². The Morgan fingerprint density at radius 2 is 1.69 bits per heavy atom. The van der Waals surface area contributed by atoms with Crippen LogP contribution < -0.4 is 15.2 Å². The van der Waals surface area contributed by atoms with Gasteiger partial charge in [0.1, 0.15) is 17.1 Å². The molecule has 0 saturated carbocycles. The molecule has 0 aliphatic rings. The Balaban J connectivity index is 1.58. The number of anilines is 1. The van der Waals surface area contributed by atoms with Gasteiger partial charge in [-0.3, -0.25) is 4.79 Å². The van der Waals surface area contributed by atoms with Crippen LogP contribution in [0.25, 0.3) is 22.2 Å². The first-order valence-corrected chi connectivity index (χ1v) is 13.6. The van der Waals surface area contributed by atoms with Crippen LogP contribution in [0.3, 0.4) is 0 Å². The Labute approximate surface area is 226 Å². The van der Waals surface area contributed by atoms with E-state index in [-0.39, 0.29) is 22.3 Å². The Kier molecular flexibility index (Phi) is 6.57. The second kappa shape index (κ2) is 9.88. The summed E-state index contributed by atoms with van der Waals surface area (Å²) in [6.07, 6.45) is 1.97. The highest BCUT2D eigenvalue weighted by atomic mass is 32.2. The van der Waals surface area contributed by atoms with Gasteiger partial charge in [0, 0.05) is 29.7 Å². The molecule has 39 heavy (non-hydrogen) atoms. The molecule has 0 atom stereocenters. The minimum absolute atomic E-state index is 0.0149. The summed E-state index contributed by atoms with van der Waals surface area (Å²) in [6, 6.07) is 19.2. The van der Waals surface area contributed by atoms with Crippen LogP contribution in [0.5, 0.6) is 11.6 Å². The largest absolute Gasteiger partial charge is 0.438 e. The molecule has 0 unspecified atom stereocenters. The zero-order valence-electron chi connectivity index (χ0n) is 21.9. The summed E-state index contributed by atoms with van der Waals surface area (Å²) in [6.45, 7) is 5.78. The number of carbonyl (C=O) groups excluding carboxylic acids is 1. The molecule has 3 aromatic heterocycles. The second-order valence-corrected chi connectivity index (χ2v) is 11.0. The average Bonchev–Trinajstić information content (AvgIpc) is 3.25. The normalized spacial score (nSPS) is 11.5. The van der Waals surface area contributed by atoms with Crippen molar-refractivity contribution in [1.82, 2.24) is 19.3 Å². The molecule has 0 aliphatic heterocycles. The van der Waals surface area contributed by atoms with Crippen molar-refractivity contribution in [3.05, 3.63) is 95.2 Å². The lowest BCUT2D eigenvalue weighted by Gasteiger charge is -2.16. The summed E-state index contributed by atoms with van der Waals surface area (Å²) in [5.74, 6) is -0.377. The van der Waals surface area contributed by atoms with Gasteiger partial charge in [-0.15, -0.1) is 0 Å². The van der Waals surface area contributed by atoms with Gasteiger partial charge in [0.05, 0.1) is 5.69 Å². The molecule has 3 N–H and O–H groups in total. The number of rotatable bonds is 6. The number of amides is 1. The third-order valence-corrected chi connectivity index (χ3v) is 7.57. The lowest BCUT2D eigenvalue weighted by atomic mass is 10.1. The first kappa shape index (κ1) is 25.9. The molecule has 5 rings (SSSR count). The standard InChI is InChI=1S/C29H27N5O4S/c1-17-14-18(2)27(19(3)15-17)38-29-22(28(35)33-39(36,37)26-7-5-6-25(30)32-26)9-10-23(31-29)20-8-11-24-21(16-20)12-13-34(24)4/h5-16H,1-4H3,(H2,30,32)(H,33,35). The predicted molar refractivity (Wildman–Crippen MR) is 150 cm³/mol. The van der Waals surface area contributed by atoms with Crippen molar-refractivity contribution < 1.29 is 17.9 Å². The van der Waals surface area contributed by atoms with E-state index < -0.39 is 15.9 Å². The summed E-state index contributed by atoms with van der Waals surface area (Å²) in [7, 11) is -2.33. The highest BCUT2D eigenvalue weighted by Crippen LogP contribution is 2.33. The number of hydrogen-bond acceptors (Lipinski definition) is 7. The van der Waals surface area contributed by atoms with Crippen molar-refractivity contribution in [2.75, 3.05) is 5.73 Å². The molecule has 0 fully saturated rings. The van der Waals surface area contributed by atoms with E-state index in [9.17, 15) is 13.2 Å². The van der Waals surface area contributed by atoms with Crippen LogP contribution in [0, 0.1) is 20.8 Å². The maximum Gasteiger partial charge on any atom is 0.281 e. The van der Waals surface area contributed by atoms with Crippen molar-refractivity contribution >= 4 is 32.7 Å². The molecule has 2 aromatic carbocycles. The molecule has 3 heterocycles. The van der Waals surface area contributed by atoms with Crippen LogP contribution in [0.4, 0.5) is 5.82 Å². The Morgan fingerprint density at radius 3 is 2.41 bits per heavy atom. The Bertz CT molecular complexity index is 1840. The average molecular weight is 542 g/mol. The number of fused-ring (bicyclic) bond motifs is 1. The van der Waals surface area contributed by atoms with Gasteiger partial charge in [0.25, 0.3) is 15.9 Å². The summed E-state index contributed by atoms with van der Waals surface area (Å²) >= 11 is 0. The smallest absolute Gasteiger partial charge is 0.281 e. The summed E-state index contributed by atoms with van der Waals surface area (Å²) in [4.78, 5) is 21.8. The molecular formula is C29H27N5O4S. The van der Waals surface area contributed by atoms with Gasteiger partial charge in [-0.2, -0.15) is 8.42 Å². The molecule has 0 saturated heterocycles. The van der Waals surface area contributed by atoms with E-state index in [1.54, 1.807) is 6.07 Å². The van der Waals surface area contributed by atoms with Crippen LogP contribution in [-0.4, -0.2) is 28.9 Å². The number of nitrogens with one attached hydrogen (secondary N) is 1. The monoisotopic (exact) mass is 541 g/mol. The lowest BCUT2D eigenvalue weighted by Crippen LogP contribution is -2.31. The molecule has 0 aliphatic carbocycles. The number of sulfonamides is 1.